The highest BCUT2D eigenvalue weighted by atomic mass is 32.1. The molecular weight excluding hydrogens is 689 g/mol. The number of nitrogens with zero attached hydrogens (tertiary/aromatic N) is 4. The molecular formula is C46H26N4OS2. The highest BCUT2D eigenvalue weighted by Gasteiger charge is 2.18. The number of hydrogen-bond acceptors (Lipinski definition) is 7. The van der Waals surface area contributed by atoms with Crippen molar-refractivity contribution in [2.45, 2.75) is 0 Å². The second-order valence-electron chi connectivity index (χ2n) is 13.0. The quantitative estimate of drug-likeness (QED) is 0.178. The molecule has 0 unspecified atom stereocenters. The third kappa shape index (κ3) is 5.12. The largest absolute Gasteiger partial charge is 0.436 e. The average molecular weight is 715 g/mol. The Morgan fingerprint density at radius 3 is 1.87 bits per heavy atom. The first-order valence-electron chi connectivity index (χ1n) is 17.4. The molecule has 0 aliphatic rings. The molecule has 0 N–H and O–H groups in total. The van der Waals surface area contributed by atoms with Gasteiger partial charge in [0.2, 0.25) is 5.89 Å². The molecule has 5 nitrogen and oxygen atoms in total. The number of oxazole rings is 1. The molecule has 0 saturated carbocycles. The van der Waals surface area contributed by atoms with Gasteiger partial charge in [-0.25, -0.2) is 19.9 Å². The maximum Gasteiger partial charge on any atom is 0.227 e. The minimum absolute atomic E-state index is 0.622. The maximum atomic E-state index is 6.03. The SMILES string of the molecule is c1ccc(-c2nc(-c3ccc4sc5ccccc5c4c3)nc(-c3cccc4sc5ccc(-c6ccc(-c7nc8ccccc8o7)cc6)cc5c34)n2)cc1. The van der Waals surface area contributed by atoms with Crippen LogP contribution in [0.4, 0.5) is 0 Å². The summed E-state index contributed by atoms with van der Waals surface area (Å²) in [5.74, 6) is 2.58. The highest BCUT2D eigenvalue weighted by molar-refractivity contribution is 7.26. The van der Waals surface area contributed by atoms with E-state index in [4.69, 9.17) is 19.4 Å². The summed E-state index contributed by atoms with van der Waals surface area (Å²) in [5.41, 5.74) is 7.74. The minimum Gasteiger partial charge on any atom is -0.436 e. The standard InChI is InChI=1S/C46H26N4OS2/c1-2-9-28(10-3-1)43-48-44(31-22-24-39-34(26-31)32-11-4-7-15-38(32)52-39)50-45(49-43)33-12-8-16-41-42(33)35-25-30(21-23-40(35)53-41)27-17-19-29(20-18-27)46-47-36-13-5-6-14-37(36)51-46/h1-26H. The van der Waals surface area contributed by atoms with E-state index in [2.05, 4.69) is 120 Å². The van der Waals surface area contributed by atoms with Gasteiger partial charge in [0.25, 0.3) is 0 Å². The van der Waals surface area contributed by atoms with Gasteiger partial charge in [0.15, 0.2) is 23.1 Å². The van der Waals surface area contributed by atoms with Crippen LogP contribution >= 0.6 is 22.7 Å². The van der Waals surface area contributed by atoms with Gasteiger partial charge in [0.1, 0.15) is 5.52 Å². The highest BCUT2D eigenvalue weighted by Crippen LogP contribution is 2.42. The lowest BCUT2D eigenvalue weighted by atomic mass is 9.99. The summed E-state index contributed by atoms with van der Waals surface area (Å²) in [6, 6.07) is 54.7. The first kappa shape index (κ1) is 30.1. The van der Waals surface area contributed by atoms with Gasteiger partial charge in [-0.3, -0.25) is 0 Å². The fraction of sp³-hybridized carbons (Fsp3) is 0. The van der Waals surface area contributed by atoms with Crippen molar-refractivity contribution in [3.8, 4) is 56.7 Å². The number of para-hydroxylation sites is 2. The van der Waals surface area contributed by atoms with Crippen LogP contribution in [0.1, 0.15) is 0 Å². The Balaban J connectivity index is 1.05. The molecule has 248 valence electrons. The topological polar surface area (TPSA) is 64.7 Å². The van der Waals surface area contributed by atoms with Crippen molar-refractivity contribution in [2.75, 3.05) is 0 Å². The lowest BCUT2D eigenvalue weighted by Crippen LogP contribution is -2.00. The Labute approximate surface area is 311 Å². The van der Waals surface area contributed by atoms with E-state index in [1.165, 1.54) is 35.0 Å². The van der Waals surface area contributed by atoms with Crippen LogP contribution < -0.4 is 0 Å². The van der Waals surface area contributed by atoms with E-state index >= 15 is 0 Å². The molecule has 0 bridgehead atoms. The molecule has 0 radical (unpaired) electrons. The van der Waals surface area contributed by atoms with Gasteiger partial charge in [-0.05, 0) is 77.9 Å². The van der Waals surface area contributed by atoms with Gasteiger partial charge in [0, 0.05) is 62.6 Å². The van der Waals surface area contributed by atoms with Crippen LogP contribution in [0.15, 0.2) is 162 Å². The van der Waals surface area contributed by atoms with E-state index in [0.717, 1.165) is 49.9 Å². The first-order chi connectivity index (χ1) is 26.2. The molecule has 7 heteroatoms. The summed E-state index contributed by atoms with van der Waals surface area (Å²) >= 11 is 3.60. The molecule has 11 rings (SSSR count). The summed E-state index contributed by atoms with van der Waals surface area (Å²) in [4.78, 5) is 20.1. The van der Waals surface area contributed by atoms with Crippen LogP contribution in [-0.4, -0.2) is 19.9 Å². The molecule has 0 atom stereocenters. The van der Waals surface area contributed by atoms with E-state index in [1.807, 2.05) is 53.8 Å². The van der Waals surface area contributed by atoms with E-state index in [9.17, 15) is 0 Å². The van der Waals surface area contributed by atoms with Crippen molar-refractivity contribution in [3.05, 3.63) is 158 Å². The Morgan fingerprint density at radius 2 is 1.00 bits per heavy atom. The Bertz CT molecular complexity index is 3150. The number of benzene rings is 7. The second-order valence-corrected chi connectivity index (χ2v) is 15.2. The fourth-order valence-electron chi connectivity index (χ4n) is 7.20. The molecule has 0 aliphatic carbocycles. The zero-order chi connectivity index (χ0) is 34.9. The van der Waals surface area contributed by atoms with Crippen molar-refractivity contribution in [2.24, 2.45) is 0 Å². The molecule has 7 aromatic carbocycles. The molecule has 4 heterocycles. The predicted octanol–water partition coefficient (Wildman–Crippen LogP) is 13.1. The number of fused-ring (bicyclic) bond motifs is 7. The minimum atomic E-state index is 0.622. The van der Waals surface area contributed by atoms with Crippen LogP contribution in [0, 0.1) is 0 Å². The Kier molecular flexibility index (Phi) is 6.83. The lowest BCUT2D eigenvalue weighted by molar-refractivity contribution is 0.620. The van der Waals surface area contributed by atoms with Crippen molar-refractivity contribution in [1.82, 2.24) is 19.9 Å². The van der Waals surface area contributed by atoms with E-state index in [1.54, 1.807) is 11.3 Å². The van der Waals surface area contributed by atoms with Crippen molar-refractivity contribution >= 4 is 74.1 Å². The third-order valence-electron chi connectivity index (χ3n) is 9.80. The third-order valence-corrected chi connectivity index (χ3v) is 12.1. The van der Waals surface area contributed by atoms with Crippen LogP contribution in [0.25, 0.3) is 108 Å². The van der Waals surface area contributed by atoms with Gasteiger partial charge in [-0.1, -0.05) is 91.0 Å². The Morgan fingerprint density at radius 1 is 0.377 bits per heavy atom. The number of thiophene rings is 2. The number of hydrogen-bond donors (Lipinski definition) is 0. The summed E-state index contributed by atoms with van der Waals surface area (Å²) in [7, 11) is 0. The predicted molar refractivity (Wildman–Crippen MR) is 220 cm³/mol. The fourth-order valence-corrected chi connectivity index (χ4v) is 9.40. The zero-order valence-corrected chi connectivity index (χ0v) is 29.7. The van der Waals surface area contributed by atoms with E-state index in [-0.39, 0.29) is 0 Å². The Hall–Kier alpha value is -6.54. The average Bonchev–Trinajstić information content (AvgIpc) is 3.94. The second kappa shape index (κ2) is 12.0. The van der Waals surface area contributed by atoms with Gasteiger partial charge >= 0.3 is 0 Å². The van der Waals surface area contributed by atoms with E-state index in [0.29, 0.717) is 23.4 Å². The van der Waals surface area contributed by atoms with Crippen LogP contribution in [0.2, 0.25) is 0 Å². The molecule has 4 aromatic heterocycles. The van der Waals surface area contributed by atoms with Gasteiger partial charge in [-0.15, -0.1) is 22.7 Å². The van der Waals surface area contributed by atoms with E-state index < -0.39 is 0 Å². The van der Waals surface area contributed by atoms with Crippen molar-refractivity contribution in [3.63, 3.8) is 0 Å². The monoisotopic (exact) mass is 714 g/mol. The molecule has 0 aliphatic heterocycles. The number of aromatic nitrogens is 4. The smallest absolute Gasteiger partial charge is 0.227 e. The van der Waals surface area contributed by atoms with Gasteiger partial charge < -0.3 is 4.42 Å². The van der Waals surface area contributed by atoms with Gasteiger partial charge in [0.05, 0.1) is 0 Å². The summed E-state index contributed by atoms with van der Waals surface area (Å²) in [5, 5.41) is 4.79. The van der Waals surface area contributed by atoms with Crippen molar-refractivity contribution < 1.29 is 4.42 Å². The van der Waals surface area contributed by atoms with Crippen molar-refractivity contribution in [1.29, 1.82) is 0 Å². The molecule has 0 spiro atoms. The van der Waals surface area contributed by atoms with Crippen LogP contribution in [0.3, 0.4) is 0 Å². The van der Waals surface area contributed by atoms with Crippen LogP contribution in [0.5, 0.6) is 0 Å². The molecule has 53 heavy (non-hydrogen) atoms. The maximum absolute atomic E-state index is 6.03. The molecule has 11 aromatic rings. The summed E-state index contributed by atoms with van der Waals surface area (Å²) in [6.45, 7) is 0. The zero-order valence-electron chi connectivity index (χ0n) is 28.0. The lowest BCUT2D eigenvalue weighted by Gasteiger charge is -2.10. The molecule has 0 amide bonds. The molecule has 0 fully saturated rings. The first-order valence-corrected chi connectivity index (χ1v) is 19.0. The normalized spacial score (nSPS) is 11.8. The summed E-state index contributed by atoms with van der Waals surface area (Å²) < 4.78 is 11.0. The van der Waals surface area contributed by atoms with Crippen LogP contribution in [-0.2, 0) is 0 Å². The summed E-state index contributed by atoms with van der Waals surface area (Å²) in [6.07, 6.45) is 0. The van der Waals surface area contributed by atoms with Gasteiger partial charge in [-0.2, -0.15) is 0 Å². The molecule has 0 saturated heterocycles. The number of rotatable bonds is 5.